The summed E-state index contributed by atoms with van der Waals surface area (Å²) in [6.45, 7) is 11.6. The first-order chi connectivity index (χ1) is 7.61. The van der Waals surface area contributed by atoms with Gasteiger partial charge in [0.1, 0.15) is 0 Å². The summed E-state index contributed by atoms with van der Waals surface area (Å²) in [7, 11) is 0. The van der Waals surface area contributed by atoms with E-state index in [1.165, 1.54) is 6.42 Å². The van der Waals surface area contributed by atoms with E-state index >= 15 is 0 Å². The highest BCUT2D eigenvalue weighted by Gasteiger charge is 2.22. The Hall–Kier alpha value is -0.120. The van der Waals surface area contributed by atoms with Gasteiger partial charge in [0.2, 0.25) is 0 Å². The van der Waals surface area contributed by atoms with Crippen molar-refractivity contribution in [2.75, 3.05) is 32.7 Å². The molecule has 0 aliphatic carbocycles. The first-order valence-corrected chi connectivity index (χ1v) is 6.73. The highest BCUT2D eigenvalue weighted by Crippen LogP contribution is 2.20. The number of nitrogens with zero attached hydrogens (tertiary/aromatic N) is 1. The molecule has 0 aromatic carbocycles. The average molecular weight is 228 g/mol. The van der Waals surface area contributed by atoms with Gasteiger partial charge in [-0.1, -0.05) is 20.8 Å². The van der Waals surface area contributed by atoms with E-state index in [0.717, 1.165) is 51.0 Å². The maximum absolute atomic E-state index is 9.90. The second-order valence-corrected chi connectivity index (χ2v) is 5.52. The van der Waals surface area contributed by atoms with Gasteiger partial charge in [-0.2, -0.15) is 0 Å². The largest absolute Gasteiger partial charge is 0.390 e. The summed E-state index contributed by atoms with van der Waals surface area (Å²) in [4.78, 5) is 2.41. The number of likely N-dealkylation sites (tertiary alicyclic amines) is 1. The van der Waals surface area contributed by atoms with Crippen LogP contribution in [0.1, 0.15) is 33.6 Å². The number of hydrogen-bond acceptors (Lipinski definition) is 3. The van der Waals surface area contributed by atoms with Crippen molar-refractivity contribution < 1.29 is 5.11 Å². The zero-order valence-corrected chi connectivity index (χ0v) is 11.1. The molecular weight excluding hydrogens is 200 g/mol. The third-order valence-electron chi connectivity index (χ3n) is 3.22. The summed E-state index contributed by atoms with van der Waals surface area (Å²) in [6.07, 6.45) is 2.25. The number of β-amino-alcohol motifs (C(OH)–C–C–N with tert-alkyl or cyclic N) is 1. The van der Waals surface area contributed by atoms with Crippen molar-refractivity contribution >= 4 is 0 Å². The van der Waals surface area contributed by atoms with Crippen LogP contribution in [0.2, 0.25) is 0 Å². The van der Waals surface area contributed by atoms with Crippen LogP contribution in [0.25, 0.3) is 0 Å². The van der Waals surface area contributed by atoms with Crippen molar-refractivity contribution in [1.29, 1.82) is 0 Å². The Bertz CT molecular complexity index is 177. The number of nitrogens with one attached hydrogen (secondary N) is 1. The minimum atomic E-state index is -0.218. The van der Waals surface area contributed by atoms with Gasteiger partial charge < -0.3 is 15.3 Å². The molecule has 0 spiro atoms. The molecule has 3 nitrogen and oxygen atoms in total. The molecule has 0 radical (unpaired) electrons. The van der Waals surface area contributed by atoms with Crippen molar-refractivity contribution in [3.8, 4) is 0 Å². The van der Waals surface area contributed by atoms with E-state index in [9.17, 15) is 5.11 Å². The standard InChI is InChI=1S/C13H28N2O/c1-4-5-14-7-13(16)10-15-8-11(2)6-12(3)9-15/h11-14,16H,4-10H2,1-3H3. The molecule has 0 saturated carbocycles. The number of rotatable bonds is 6. The Morgan fingerprint density at radius 1 is 1.31 bits per heavy atom. The molecule has 2 N–H and O–H groups in total. The smallest absolute Gasteiger partial charge is 0.0791 e. The molecule has 0 amide bonds. The van der Waals surface area contributed by atoms with Crippen LogP contribution in [-0.2, 0) is 0 Å². The molecule has 96 valence electrons. The summed E-state index contributed by atoms with van der Waals surface area (Å²) in [5.74, 6) is 1.55. The normalized spacial score (nSPS) is 29.2. The Morgan fingerprint density at radius 3 is 2.50 bits per heavy atom. The van der Waals surface area contributed by atoms with Crippen LogP contribution in [0.4, 0.5) is 0 Å². The number of aliphatic hydroxyl groups is 1. The molecule has 0 bridgehead atoms. The monoisotopic (exact) mass is 228 g/mol. The first kappa shape index (κ1) is 13.9. The topological polar surface area (TPSA) is 35.5 Å². The molecule has 1 aliphatic heterocycles. The second-order valence-electron chi connectivity index (χ2n) is 5.52. The zero-order chi connectivity index (χ0) is 12.0. The van der Waals surface area contributed by atoms with E-state index in [2.05, 4.69) is 31.0 Å². The van der Waals surface area contributed by atoms with E-state index < -0.39 is 0 Å². The van der Waals surface area contributed by atoms with Gasteiger partial charge in [0.15, 0.2) is 0 Å². The van der Waals surface area contributed by atoms with Crippen molar-refractivity contribution in [2.24, 2.45) is 11.8 Å². The zero-order valence-electron chi connectivity index (χ0n) is 11.1. The lowest BCUT2D eigenvalue weighted by Gasteiger charge is -2.36. The lowest BCUT2D eigenvalue weighted by molar-refractivity contribution is 0.0700. The van der Waals surface area contributed by atoms with Crippen LogP contribution in [0.15, 0.2) is 0 Å². The molecule has 1 rings (SSSR count). The van der Waals surface area contributed by atoms with E-state index in [-0.39, 0.29) is 6.10 Å². The van der Waals surface area contributed by atoms with Crippen LogP contribution in [-0.4, -0.2) is 48.8 Å². The van der Waals surface area contributed by atoms with Gasteiger partial charge in [-0.15, -0.1) is 0 Å². The van der Waals surface area contributed by atoms with Gasteiger partial charge in [0.25, 0.3) is 0 Å². The SMILES string of the molecule is CCCNCC(O)CN1CC(C)CC(C)C1. The quantitative estimate of drug-likeness (QED) is 0.673. The van der Waals surface area contributed by atoms with Gasteiger partial charge in [0.05, 0.1) is 6.10 Å². The van der Waals surface area contributed by atoms with Crippen LogP contribution in [0.3, 0.4) is 0 Å². The molecule has 0 aromatic heterocycles. The summed E-state index contributed by atoms with van der Waals surface area (Å²) in [6, 6.07) is 0. The number of aliphatic hydroxyl groups excluding tert-OH is 1. The van der Waals surface area contributed by atoms with E-state index in [1.807, 2.05) is 0 Å². The second kappa shape index (κ2) is 7.25. The molecule has 3 unspecified atom stereocenters. The molecular formula is C13H28N2O. The summed E-state index contributed by atoms with van der Waals surface area (Å²) in [5.41, 5.74) is 0. The van der Waals surface area contributed by atoms with E-state index in [4.69, 9.17) is 0 Å². The Kier molecular flexibility index (Phi) is 6.32. The first-order valence-electron chi connectivity index (χ1n) is 6.73. The van der Waals surface area contributed by atoms with Crippen molar-refractivity contribution in [1.82, 2.24) is 10.2 Å². The van der Waals surface area contributed by atoms with Gasteiger partial charge in [-0.25, -0.2) is 0 Å². The lowest BCUT2D eigenvalue weighted by Crippen LogP contribution is -2.45. The van der Waals surface area contributed by atoms with Crippen molar-refractivity contribution in [3.63, 3.8) is 0 Å². The lowest BCUT2D eigenvalue weighted by atomic mass is 9.92. The maximum Gasteiger partial charge on any atom is 0.0791 e. The fourth-order valence-corrected chi connectivity index (χ4v) is 2.75. The average Bonchev–Trinajstić information content (AvgIpc) is 2.16. The van der Waals surface area contributed by atoms with E-state index in [1.54, 1.807) is 0 Å². The third kappa shape index (κ3) is 5.28. The fraction of sp³-hybridized carbons (Fsp3) is 1.00. The molecule has 1 aliphatic rings. The predicted molar refractivity (Wildman–Crippen MR) is 68.6 cm³/mol. The minimum absolute atomic E-state index is 0.218. The van der Waals surface area contributed by atoms with Crippen LogP contribution >= 0.6 is 0 Å². The molecule has 1 heterocycles. The predicted octanol–water partition coefficient (Wildman–Crippen LogP) is 1.32. The fourth-order valence-electron chi connectivity index (χ4n) is 2.75. The highest BCUT2D eigenvalue weighted by molar-refractivity contribution is 4.77. The Labute approximate surface area is 100 Å². The van der Waals surface area contributed by atoms with Crippen LogP contribution in [0.5, 0.6) is 0 Å². The number of hydrogen-bond donors (Lipinski definition) is 2. The summed E-state index contributed by atoms with van der Waals surface area (Å²) >= 11 is 0. The molecule has 1 saturated heterocycles. The van der Waals surface area contributed by atoms with Crippen LogP contribution < -0.4 is 5.32 Å². The molecule has 3 atom stereocenters. The van der Waals surface area contributed by atoms with Gasteiger partial charge in [-0.05, 0) is 31.2 Å². The number of piperidine rings is 1. The Balaban J connectivity index is 2.19. The molecule has 16 heavy (non-hydrogen) atoms. The summed E-state index contributed by atoms with van der Waals surface area (Å²) in [5, 5.41) is 13.2. The van der Waals surface area contributed by atoms with Crippen molar-refractivity contribution in [3.05, 3.63) is 0 Å². The molecule has 1 fully saturated rings. The molecule has 3 heteroatoms. The summed E-state index contributed by atoms with van der Waals surface area (Å²) < 4.78 is 0. The van der Waals surface area contributed by atoms with Crippen molar-refractivity contribution in [2.45, 2.75) is 39.7 Å². The van der Waals surface area contributed by atoms with E-state index in [0.29, 0.717) is 0 Å². The van der Waals surface area contributed by atoms with Gasteiger partial charge in [-0.3, -0.25) is 0 Å². The van der Waals surface area contributed by atoms with Gasteiger partial charge in [0, 0.05) is 26.2 Å². The molecule has 0 aromatic rings. The van der Waals surface area contributed by atoms with Gasteiger partial charge >= 0.3 is 0 Å². The highest BCUT2D eigenvalue weighted by atomic mass is 16.3. The maximum atomic E-state index is 9.90. The Morgan fingerprint density at radius 2 is 1.94 bits per heavy atom. The minimum Gasteiger partial charge on any atom is -0.390 e. The van der Waals surface area contributed by atoms with Crippen LogP contribution in [0, 0.1) is 11.8 Å². The third-order valence-corrected chi connectivity index (χ3v) is 3.22.